The molecule has 3 atom stereocenters. The summed E-state index contributed by atoms with van der Waals surface area (Å²) in [5.74, 6) is -1.54. The number of anilines is 1. The van der Waals surface area contributed by atoms with E-state index in [1.807, 2.05) is 0 Å². The molecule has 162 valence electrons. The van der Waals surface area contributed by atoms with Crippen molar-refractivity contribution in [2.75, 3.05) is 12.4 Å². The van der Waals surface area contributed by atoms with E-state index in [9.17, 15) is 23.9 Å². The Bertz CT molecular complexity index is 908. The first kappa shape index (κ1) is 23.5. The minimum absolute atomic E-state index is 0.178. The number of halogens is 1. The number of esters is 1. The number of hydrogen-bond acceptors (Lipinski definition) is 8. The predicted octanol–water partition coefficient (Wildman–Crippen LogP) is 2.88. The van der Waals surface area contributed by atoms with Crippen LogP contribution >= 0.6 is 0 Å². The van der Waals surface area contributed by atoms with Crippen molar-refractivity contribution >= 4 is 28.8 Å². The lowest BCUT2D eigenvalue weighted by atomic mass is 10.00. The van der Waals surface area contributed by atoms with Gasteiger partial charge in [-0.15, -0.1) is 4.72 Å². The molecule has 11 heteroatoms. The molecule has 1 heterocycles. The maximum atomic E-state index is 13.9. The van der Waals surface area contributed by atoms with E-state index in [-0.39, 0.29) is 11.5 Å². The third-order valence-electron chi connectivity index (χ3n) is 4.06. The van der Waals surface area contributed by atoms with Crippen molar-refractivity contribution in [3.05, 3.63) is 64.1 Å². The average molecular weight is 438 g/mol. The second-order valence-electron chi connectivity index (χ2n) is 7.31. The molecular weight excluding hydrogens is 415 g/mol. The van der Waals surface area contributed by atoms with Crippen LogP contribution in [0.2, 0.25) is 0 Å². The van der Waals surface area contributed by atoms with Crippen LogP contribution in [0.4, 0.5) is 15.9 Å². The van der Waals surface area contributed by atoms with Gasteiger partial charge in [0, 0.05) is 23.6 Å². The number of rotatable bonds is 8. The number of nitrogens with one attached hydrogen (secondary N) is 2. The summed E-state index contributed by atoms with van der Waals surface area (Å²) in [5, 5.41) is 14.0. The number of benzene rings is 1. The van der Waals surface area contributed by atoms with Crippen LogP contribution in [0.1, 0.15) is 32.4 Å². The lowest BCUT2D eigenvalue weighted by molar-refractivity contribution is -0.384. The maximum absolute atomic E-state index is 13.9. The normalized spacial score (nSPS) is 14.5. The highest BCUT2D eigenvalue weighted by Gasteiger charge is 2.38. The van der Waals surface area contributed by atoms with Crippen LogP contribution in [0.3, 0.4) is 0 Å². The van der Waals surface area contributed by atoms with Crippen molar-refractivity contribution in [3.8, 4) is 0 Å². The molecule has 2 aromatic rings. The smallest absolute Gasteiger partial charge is 0.330 e. The summed E-state index contributed by atoms with van der Waals surface area (Å²) < 4.78 is 33.7. The molecule has 1 aromatic heterocycles. The highest BCUT2D eigenvalue weighted by atomic mass is 32.2. The van der Waals surface area contributed by atoms with Gasteiger partial charge < -0.3 is 14.6 Å². The van der Waals surface area contributed by atoms with Crippen LogP contribution in [0.5, 0.6) is 0 Å². The fourth-order valence-corrected chi connectivity index (χ4v) is 3.38. The minimum atomic E-state index is -1.66. The fourth-order valence-electron chi connectivity index (χ4n) is 2.53. The Morgan fingerprint density at radius 1 is 1.30 bits per heavy atom. The van der Waals surface area contributed by atoms with Crippen LogP contribution in [0.15, 0.2) is 42.6 Å². The molecular formula is C19H23FN4O5S. The van der Waals surface area contributed by atoms with Crippen LogP contribution in [-0.4, -0.2) is 38.3 Å². The van der Waals surface area contributed by atoms with Gasteiger partial charge in [-0.2, -0.15) is 0 Å². The van der Waals surface area contributed by atoms with E-state index in [2.05, 4.69) is 15.0 Å². The molecule has 0 unspecified atom stereocenters. The van der Waals surface area contributed by atoms with Gasteiger partial charge >= 0.3 is 11.7 Å². The standard InChI is InChI=1S/C19H23FN4O5S/c1-19(2,3)30(28)23-15(12-7-5-8-13(20)11-12)16(18(25)29-4)22-17-14(24(26)27)9-6-10-21-17/h5-11,15-16,23H,1-4H3,(H,21,22)/t15-,16+,30+/m1/s1. The molecule has 0 amide bonds. The molecule has 0 spiro atoms. The number of pyridine rings is 1. The highest BCUT2D eigenvalue weighted by Crippen LogP contribution is 2.28. The summed E-state index contributed by atoms with van der Waals surface area (Å²) in [5.41, 5.74) is -0.0598. The third-order valence-corrected chi connectivity index (χ3v) is 5.64. The Morgan fingerprint density at radius 3 is 2.57 bits per heavy atom. The van der Waals surface area contributed by atoms with Gasteiger partial charge in [0.05, 0.1) is 12.0 Å². The quantitative estimate of drug-likeness (QED) is 0.279. The molecule has 0 radical (unpaired) electrons. The van der Waals surface area contributed by atoms with Crippen LogP contribution in [0, 0.1) is 15.9 Å². The summed E-state index contributed by atoms with van der Waals surface area (Å²) >= 11 is -1.66. The number of methoxy groups -OCH3 is 1. The zero-order valence-corrected chi connectivity index (χ0v) is 17.7. The number of carbonyl (C=O) groups excluding carboxylic acids is 1. The fraction of sp³-hybridized carbons (Fsp3) is 0.368. The number of nitro groups is 1. The largest absolute Gasteiger partial charge is 0.598 e. The topological polar surface area (TPSA) is 129 Å². The Hall–Kier alpha value is -2.76. The summed E-state index contributed by atoms with van der Waals surface area (Å²) in [6.07, 6.45) is 1.32. The molecule has 1 aromatic carbocycles. The van der Waals surface area contributed by atoms with Gasteiger partial charge in [0.25, 0.3) is 0 Å². The number of hydrogen-bond donors (Lipinski definition) is 2. The van der Waals surface area contributed by atoms with Crippen molar-refractivity contribution in [1.82, 2.24) is 9.71 Å². The second kappa shape index (κ2) is 9.83. The van der Waals surface area contributed by atoms with E-state index in [1.54, 1.807) is 26.8 Å². The van der Waals surface area contributed by atoms with Gasteiger partial charge in [-0.05, 0) is 44.5 Å². The zero-order valence-electron chi connectivity index (χ0n) is 16.9. The van der Waals surface area contributed by atoms with Gasteiger partial charge in [-0.1, -0.05) is 12.1 Å². The van der Waals surface area contributed by atoms with Gasteiger partial charge in [0.1, 0.15) is 22.6 Å². The molecule has 2 rings (SSSR count). The van der Waals surface area contributed by atoms with E-state index in [0.29, 0.717) is 5.56 Å². The van der Waals surface area contributed by atoms with Crippen LogP contribution in [-0.2, 0) is 20.9 Å². The van der Waals surface area contributed by atoms with Gasteiger partial charge in [0.2, 0.25) is 5.82 Å². The molecule has 0 bridgehead atoms. The highest BCUT2D eigenvalue weighted by molar-refractivity contribution is 7.90. The number of ether oxygens (including phenoxy) is 1. The number of nitrogens with zero attached hydrogens (tertiary/aromatic N) is 2. The Morgan fingerprint density at radius 2 is 2.00 bits per heavy atom. The first-order chi connectivity index (χ1) is 14.0. The molecule has 9 nitrogen and oxygen atoms in total. The molecule has 0 aliphatic rings. The molecule has 0 aliphatic carbocycles. The maximum Gasteiger partial charge on any atom is 0.330 e. The van der Waals surface area contributed by atoms with Gasteiger partial charge in [0.15, 0.2) is 0 Å². The first-order valence-electron chi connectivity index (χ1n) is 8.92. The lowest BCUT2D eigenvalue weighted by Gasteiger charge is -2.31. The summed E-state index contributed by atoms with van der Waals surface area (Å²) in [4.78, 5) is 27.2. The Balaban J connectivity index is 2.54. The SMILES string of the molecule is COC(=O)[C@@H](Nc1ncccc1[N+](=O)[O-])[C@H](N[S@@+]([O-])C(C)(C)C)c1cccc(F)c1. The van der Waals surface area contributed by atoms with Gasteiger partial charge in [-0.3, -0.25) is 10.1 Å². The average Bonchev–Trinajstić information content (AvgIpc) is 2.69. The molecule has 30 heavy (non-hydrogen) atoms. The summed E-state index contributed by atoms with van der Waals surface area (Å²) in [6.45, 7) is 5.18. The monoisotopic (exact) mass is 438 g/mol. The molecule has 0 saturated heterocycles. The minimum Gasteiger partial charge on any atom is -0.598 e. The Kier molecular flexibility index (Phi) is 7.71. The van der Waals surface area contributed by atoms with Crippen molar-refractivity contribution in [3.63, 3.8) is 0 Å². The van der Waals surface area contributed by atoms with E-state index in [0.717, 1.165) is 7.11 Å². The zero-order chi connectivity index (χ0) is 22.5. The van der Waals surface area contributed by atoms with E-state index in [4.69, 9.17) is 4.74 Å². The lowest BCUT2D eigenvalue weighted by Crippen LogP contribution is -2.49. The third kappa shape index (κ3) is 5.88. The molecule has 0 fully saturated rings. The van der Waals surface area contributed by atoms with Crippen molar-refractivity contribution in [1.29, 1.82) is 0 Å². The van der Waals surface area contributed by atoms with Gasteiger partial charge in [-0.25, -0.2) is 14.2 Å². The molecule has 0 aliphatic heterocycles. The molecule has 2 N–H and O–H groups in total. The van der Waals surface area contributed by atoms with Crippen molar-refractivity contribution in [2.24, 2.45) is 0 Å². The Labute approximate surface area is 176 Å². The van der Waals surface area contributed by atoms with Crippen LogP contribution in [0.25, 0.3) is 0 Å². The van der Waals surface area contributed by atoms with E-state index < -0.39 is 44.9 Å². The summed E-state index contributed by atoms with van der Waals surface area (Å²) in [7, 11) is 1.15. The second-order valence-corrected chi connectivity index (χ2v) is 9.30. The van der Waals surface area contributed by atoms with Crippen molar-refractivity contribution < 1.29 is 23.4 Å². The van der Waals surface area contributed by atoms with Crippen molar-refractivity contribution in [2.45, 2.75) is 37.6 Å². The number of carbonyl (C=O) groups is 1. The predicted molar refractivity (Wildman–Crippen MR) is 110 cm³/mol. The number of aromatic nitrogens is 1. The first-order valence-corrected chi connectivity index (χ1v) is 10.1. The summed E-state index contributed by atoms with van der Waals surface area (Å²) in [6, 6.07) is 5.66. The van der Waals surface area contributed by atoms with Crippen LogP contribution < -0.4 is 10.0 Å². The molecule has 0 saturated carbocycles. The van der Waals surface area contributed by atoms with E-state index in [1.165, 1.54) is 36.5 Å². The van der Waals surface area contributed by atoms with E-state index >= 15 is 0 Å².